The Labute approximate surface area is 129 Å². The Kier molecular flexibility index (Phi) is 3.52. The summed E-state index contributed by atoms with van der Waals surface area (Å²) >= 11 is 1.78. The Balaban J connectivity index is 1.50. The van der Waals surface area contributed by atoms with Crippen molar-refractivity contribution < 1.29 is 0 Å². The molecule has 1 unspecified atom stereocenters. The summed E-state index contributed by atoms with van der Waals surface area (Å²) in [6.45, 7) is 9.24. The van der Waals surface area contributed by atoms with Crippen LogP contribution in [0.1, 0.15) is 11.8 Å². The maximum atomic E-state index is 4.45. The third kappa shape index (κ3) is 2.52. The molecule has 5 nitrogen and oxygen atoms in total. The molecule has 5 heterocycles. The molecule has 1 atom stereocenters. The Morgan fingerprint density at radius 3 is 2.86 bits per heavy atom. The molecule has 0 spiro atoms. The van der Waals surface area contributed by atoms with Gasteiger partial charge in [-0.25, -0.2) is 9.97 Å². The molecular formula is C15H21N5S. The summed E-state index contributed by atoms with van der Waals surface area (Å²) in [5.41, 5.74) is 0. The Hall–Kier alpha value is -1.24. The average Bonchev–Trinajstić information content (AvgIpc) is 2.98. The van der Waals surface area contributed by atoms with Crippen molar-refractivity contribution in [1.29, 1.82) is 0 Å². The average molecular weight is 303 g/mol. The van der Waals surface area contributed by atoms with Gasteiger partial charge >= 0.3 is 0 Å². The van der Waals surface area contributed by atoms with Gasteiger partial charge in [-0.3, -0.25) is 9.80 Å². The minimum Gasteiger partial charge on any atom is -0.368 e. The summed E-state index contributed by atoms with van der Waals surface area (Å²) in [4.78, 5) is 16.5. The van der Waals surface area contributed by atoms with E-state index in [1.807, 2.05) is 0 Å². The highest BCUT2D eigenvalue weighted by molar-refractivity contribution is 7.18. The number of aromatic nitrogens is 2. The molecular weight excluding hydrogens is 282 g/mol. The highest BCUT2D eigenvalue weighted by atomic mass is 32.1. The fourth-order valence-corrected chi connectivity index (χ4v) is 4.29. The van der Waals surface area contributed by atoms with Crippen LogP contribution in [0.4, 0.5) is 5.82 Å². The number of hydrogen-bond donors (Lipinski definition) is 1. The minimum atomic E-state index is 0.613. The van der Waals surface area contributed by atoms with E-state index in [-0.39, 0.29) is 0 Å². The number of rotatable bonds is 4. The summed E-state index contributed by atoms with van der Waals surface area (Å²) in [7, 11) is 0. The highest BCUT2D eigenvalue weighted by Crippen LogP contribution is 2.28. The largest absolute Gasteiger partial charge is 0.368 e. The van der Waals surface area contributed by atoms with Crippen molar-refractivity contribution in [3.8, 4) is 0 Å². The van der Waals surface area contributed by atoms with Gasteiger partial charge in [-0.1, -0.05) is 6.92 Å². The highest BCUT2D eigenvalue weighted by Gasteiger charge is 2.31. The third-order valence-electron chi connectivity index (χ3n) is 4.63. The van der Waals surface area contributed by atoms with E-state index in [0.717, 1.165) is 23.6 Å². The molecule has 112 valence electrons. The summed E-state index contributed by atoms with van der Waals surface area (Å²) in [5, 5.41) is 4.74. The SMILES string of the molecule is CCc1cc2c(NCC3CN4CCN3CC4)ncnc2s1. The summed E-state index contributed by atoms with van der Waals surface area (Å²) < 4.78 is 0. The molecule has 21 heavy (non-hydrogen) atoms. The first-order valence-electron chi connectivity index (χ1n) is 7.77. The van der Waals surface area contributed by atoms with E-state index < -0.39 is 0 Å². The standard InChI is InChI=1S/C15H21N5S/c1-2-12-7-13-14(17-10-18-15(13)21-12)16-8-11-9-19-3-5-20(11)6-4-19/h7,10-11H,2-6,8-9H2,1H3,(H,16,17,18). The lowest BCUT2D eigenvalue weighted by atomic mass is 10.1. The van der Waals surface area contributed by atoms with Gasteiger partial charge in [0.15, 0.2) is 0 Å². The van der Waals surface area contributed by atoms with Crippen LogP contribution < -0.4 is 5.32 Å². The van der Waals surface area contributed by atoms with E-state index >= 15 is 0 Å². The van der Waals surface area contributed by atoms with Crippen molar-refractivity contribution >= 4 is 27.4 Å². The van der Waals surface area contributed by atoms with E-state index in [1.165, 1.54) is 43.0 Å². The lowest BCUT2D eigenvalue weighted by Crippen LogP contribution is -2.62. The first-order valence-corrected chi connectivity index (χ1v) is 8.59. The molecule has 6 heteroatoms. The fraction of sp³-hybridized carbons (Fsp3) is 0.600. The van der Waals surface area contributed by atoms with Crippen molar-refractivity contribution in [3.63, 3.8) is 0 Å². The zero-order valence-corrected chi connectivity index (χ0v) is 13.2. The molecule has 3 aliphatic rings. The first kappa shape index (κ1) is 13.4. The smallest absolute Gasteiger partial charge is 0.138 e. The van der Waals surface area contributed by atoms with Crippen LogP contribution in [-0.2, 0) is 6.42 Å². The molecule has 2 aromatic rings. The van der Waals surface area contributed by atoms with Crippen molar-refractivity contribution in [2.45, 2.75) is 19.4 Å². The Bertz CT molecular complexity index is 632. The van der Waals surface area contributed by atoms with Crippen molar-refractivity contribution in [2.75, 3.05) is 44.6 Å². The molecule has 0 aliphatic carbocycles. The van der Waals surface area contributed by atoms with Gasteiger partial charge in [-0.15, -0.1) is 11.3 Å². The lowest BCUT2D eigenvalue weighted by molar-refractivity contribution is 0.0189. The number of thiophene rings is 1. The topological polar surface area (TPSA) is 44.3 Å². The lowest BCUT2D eigenvalue weighted by Gasteiger charge is -2.47. The monoisotopic (exact) mass is 303 g/mol. The van der Waals surface area contributed by atoms with Crippen molar-refractivity contribution in [3.05, 3.63) is 17.3 Å². The predicted molar refractivity (Wildman–Crippen MR) is 87.1 cm³/mol. The quantitative estimate of drug-likeness (QED) is 0.931. The maximum absolute atomic E-state index is 4.45. The minimum absolute atomic E-state index is 0.613. The second kappa shape index (κ2) is 5.51. The van der Waals surface area contributed by atoms with E-state index in [9.17, 15) is 0 Å². The van der Waals surface area contributed by atoms with E-state index in [2.05, 4.69) is 38.1 Å². The van der Waals surface area contributed by atoms with Gasteiger partial charge in [-0.05, 0) is 12.5 Å². The molecule has 3 saturated heterocycles. The molecule has 3 fully saturated rings. The van der Waals surface area contributed by atoms with Gasteiger partial charge in [0.05, 0.1) is 5.39 Å². The zero-order chi connectivity index (χ0) is 14.2. The zero-order valence-electron chi connectivity index (χ0n) is 12.4. The van der Waals surface area contributed by atoms with E-state index in [1.54, 1.807) is 17.7 Å². The van der Waals surface area contributed by atoms with Gasteiger partial charge in [0.25, 0.3) is 0 Å². The molecule has 3 aliphatic heterocycles. The summed E-state index contributed by atoms with van der Waals surface area (Å²) in [5.74, 6) is 0.994. The molecule has 5 rings (SSSR count). The first-order chi connectivity index (χ1) is 10.3. The van der Waals surface area contributed by atoms with Crippen LogP contribution in [0.3, 0.4) is 0 Å². The van der Waals surface area contributed by atoms with Gasteiger partial charge in [-0.2, -0.15) is 0 Å². The molecule has 2 bridgehead atoms. The number of anilines is 1. The van der Waals surface area contributed by atoms with Gasteiger partial charge < -0.3 is 5.32 Å². The predicted octanol–water partition coefficient (Wildman–Crippen LogP) is 1.67. The van der Waals surface area contributed by atoms with Gasteiger partial charge in [0.1, 0.15) is 17.0 Å². The summed E-state index contributed by atoms with van der Waals surface area (Å²) in [6.07, 6.45) is 2.74. The second-order valence-corrected chi connectivity index (χ2v) is 6.99. The summed E-state index contributed by atoms with van der Waals surface area (Å²) in [6, 6.07) is 2.85. The van der Waals surface area contributed by atoms with Crippen LogP contribution in [0.2, 0.25) is 0 Å². The number of piperazine rings is 3. The van der Waals surface area contributed by atoms with E-state index in [0.29, 0.717) is 6.04 Å². The number of aryl methyl sites for hydroxylation is 1. The van der Waals surface area contributed by atoms with Crippen LogP contribution in [0, 0.1) is 0 Å². The molecule has 0 amide bonds. The normalized spacial score (nSPS) is 28.1. The van der Waals surface area contributed by atoms with Crippen LogP contribution in [-0.4, -0.2) is 65.1 Å². The number of hydrogen-bond acceptors (Lipinski definition) is 6. The molecule has 0 saturated carbocycles. The van der Waals surface area contributed by atoms with E-state index in [4.69, 9.17) is 0 Å². The Morgan fingerprint density at radius 1 is 1.29 bits per heavy atom. The van der Waals surface area contributed by atoms with Gasteiger partial charge in [0, 0.05) is 50.2 Å². The Morgan fingerprint density at radius 2 is 2.14 bits per heavy atom. The second-order valence-electron chi connectivity index (χ2n) is 5.88. The molecule has 1 N–H and O–H groups in total. The molecule has 0 aromatic carbocycles. The fourth-order valence-electron chi connectivity index (χ4n) is 3.35. The number of nitrogens with zero attached hydrogens (tertiary/aromatic N) is 4. The molecule has 2 aromatic heterocycles. The number of nitrogens with one attached hydrogen (secondary N) is 1. The van der Waals surface area contributed by atoms with Crippen LogP contribution >= 0.6 is 11.3 Å². The van der Waals surface area contributed by atoms with Crippen molar-refractivity contribution in [1.82, 2.24) is 19.8 Å². The van der Waals surface area contributed by atoms with Crippen LogP contribution in [0.5, 0.6) is 0 Å². The van der Waals surface area contributed by atoms with Crippen LogP contribution in [0.25, 0.3) is 10.2 Å². The number of fused-ring (bicyclic) bond motifs is 4. The van der Waals surface area contributed by atoms with Crippen LogP contribution in [0.15, 0.2) is 12.4 Å². The maximum Gasteiger partial charge on any atom is 0.138 e. The van der Waals surface area contributed by atoms with Gasteiger partial charge in [0.2, 0.25) is 0 Å². The molecule has 0 radical (unpaired) electrons. The van der Waals surface area contributed by atoms with Crippen molar-refractivity contribution in [2.24, 2.45) is 0 Å². The third-order valence-corrected chi connectivity index (χ3v) is 5.81.